The van der Waals surface area contributed by atoms with Gasteiger partial charge in [-0.3, -0.25) is 9.69 Å². The second-order valence-corrected chi connectivity index (χ2v) is 8.06. The van der Waals surface area contributed by atoms with Gasteiger partial charge in [-0.25, -0.2) is 4.79 Å². The lowest BCUT2D eigenvalue weighted by molar-refractivity contribution is -0.130. The van der Waals surface area contributed by atoms with E-state index >= 15 is 0 Å². The van der Waals surface area contributed by atoms with E-state index in [0.717, 1.165) is 11.1 Å². The maximum absolute atomic E-state index is 12.7. The number of hydrogen-bond donors (Lipinski definition) is 1. The van der Waals surface area contributed by atoms with Crippen molar-refractivity contribution in [3.63, 3.8) is 0 Å². The molecule has 0 radical (unpaired) electrons. The van der Waals surface area contributed by atoms with Crippen molar-refractivity contribution in [1.82, 2.24) is 4.90 Å². The monoisotopic (exact) mass is 373 g/mol. The first-order valence-corrected chi connectivity index (χ1v) is 9.29. The number of likely N-dealkylation sites (tertiary alicyclic amines) is 1. The van der Waals surface area contributed by atoms with Crippen LogP contribution in [0, 0.1) is 5.92 Å². The number of fused-ring (bicyclic) bond motifs is 1. The van der Waals surface area contributed by atoms with Gasteiger partial charge in [0.25, 0.3) is 0 Å². The quantitative estimate of drug-likeness (QED) is 0.882. The smallest absolute Gasteiger partial charge is 0.411 e. The minimum Gasteiger partial charge on any atom is -0.444 e. The van der Waals surface area contributed by atoms with Gasteiger partial charge in [-0.15, -0.1) is 0 Å². The van der Waals surface area contributed by atoms with E-state index < -0.39 is 36.2 Å². The van der Waals surface area contributed by atoms with Crippen LogP contribution in [0.5, 0.6) is 0 Å². The molecule has 2 aliphatic heterocycles. The Morgan fingerprint density at radius 1 is 1.26 bits per heavy atom. The van der Waals surface area contributed by atoms with Crippen LogP contribution in [0.25, 0.3) is 5.57 Å². The fourth-order valence-corrected chi connectivity index (χ4v) is 3.79. The molecule has 0 saturated carbocycles. The Morgan fingerprint density at radius 2 is 1.96 bits per heavy atom. The zero-order valence-electron chi connectivity index (χ0n) is 16.1. The molecule has 146 valence electrons. The lowest BCUT2D eigenvalue weighted by Crippen LogP contribution is -2.48. The van der Waals surface area contributed by atoms with Gasteiger partial charge in [-0.2, -0.15) is 0 Å². The van der Waals surface area contributed by atoms with Crippen LogP contribution >= 0.6 is 0 Å². The highest BCUT2D eigenvalue weighted by Crippen LogP contribution is 2.37. The molecule has 0 aromatic heterocycles. The molecule has 3 atom stereocenters. The molecule has 1 fully saturated rings. The summed E-state index contributed by atoms with van der Waals surface area (Å²) in [6.07, 6.45) is 1.74. The normalized spacial score (nSPS) is 25.4. The molecule has 1 N–H and O–H groups in total. The number of ketones is 1. The van der Waals surface area contributed by atoms with E-state index in [9.17, 15) is 14.7 Å². The molecule has 2 aliphatic rings. The van der Waals surface area contributed by atoms with Gasteiger partial charge >= 0.3 is 6.09 Å². The summed E-state index contributed by atoms with van der Waals surface area (Å²) in [4.78, 5) is 26.5. The third-order valence-corrected chi connectivity index (χ3v) is 4.90. The molecule has 1 amide bonds. The molecular formula is C21H27NO5. The van der Waals surface area contributed by atoms with Crippen LogP contribution in [0.15, 0.2) is 36.4 Å². The van der Waals surface area contributed by atoms with Crippen molar-refractivity contribution in [3.05, 3.63) is 42.0 Å². The summed E-state index contributed by atoms with van der Waals surface area (Å²) in [5.41, 5.74) is 1.59. The number of aliphatic hydroxyl groups excluding tert-OH is 1. The maximum atomic E-state index is 12.7. The Hall–Kier alpha value is -2.18. The summed E-state index contributed by atoms with van der Waals surface area (Å²) in [6, 6.07) is 9.21. The fourth-order valence-electron chi connectivity index (χ4n) is 3.79. The molecule has 6 nitrogen and oxygen atoms in total. The number of amides is 1. The number of ether oxygens (including phenoxy) is 2. The van der Waals surface area contributed by atoms with Crippen molar-refractivity contribution >= 4 is 17.4 Å². The SMILES string of the molecule is CC(C)(C)OC(=O)N1C[C@@H]2CC(c3ccccc3)=CCO[C@H]2[C@H]1C(=O)CO. The zero-order chi connectivity index (χ0) is 19.6. The van der Waals surface area contributed by atoms with Crippen molar-refractivity contribution in [3.8, 4) is 0 Å². The second-order valence-electron chi connectivity index (χ2n) is 8.06. The highest BCUT2D eigenvalue weighted by Gasteiger charge is 2.49. The molecule has 0 unspecified atom stereocenters. The molecule has 1 aromatic rings. The number of rotatable bonds is 3. The standard InChI is InChI=1S/C21H27NO5/c1-21(2,3)27-20(25)22-12-16-11-15(14-7-5-4-6-8-14)9-10-26-19(16)18(22)17(24)13-23/h4-9,16,18-19,23H,10-13H2,1-3H3/t16-,18+,19+/m0/s1. The van der Waals surface area contributed by atoms with Crippen molar-refractivity contribution in [2.45, 2.75) is 44.9 Å². The summed E-state index contributed by atoms with van der Waals surface area (Å²) in [5.74, 6) is -0.455. The Kier molecular flexibility index (Phi) is 5.67. The molecule has 1 saturated heterocycles. The Balaban J connectivity index is 1.84. The van der Waals surface area contributed by atoms with Crippen LogP contribution in [0.1, 0.15) is 32.8 Å². The lowest BCUT2D eigenvalue weighted by Gasteiger charge is -2.29. The minimum atomic E-state index is -0.821. The molecule has 1 aromatic carbocycles. The zero-order valence-corrected chi connectivity index (χ0v) is 16.1. The average Bonchev–Trinajstić information content (AvgIpc) is 2.85. The summed E-state index contributed by atoms with van der Waals surface area (Å²) < 4.78 is 11.4. The number of aliphatic hydroxyl groups is 1. The minimum absolute atomic E-state index is 0.0352. The van der Waals surface area contributed by atoms with E-state index in [1.807, 2.05) is 36.4 Å². The average molecular weight is 373 g/mol. The molecule has 0 aliphatic carbocycles. The molecule has 3 rings (SSSR count). The molecule has 0 bridgehead atoms. The summed E-state index contributed by atoms with van der Waals surface area (Å²) >= 11 is 0. The van der Waals surface area contributed by atoms with Gasteiger partial charge in [0.2, 0.25) is 0 Å². The topological polar surface area (TPSA) is 76.1 Å². The van der Waals surface area contributed by atoms with Gasteiger partial charge in [-0.05, 0) is 38.3 Å². The summed E-state index contributed by atoms with van der Waals surface area (Å²) in [7, 11) is 0. The van der Waals surface area contributed by atoms with Crippen molar-refractivity contribution in [1.29, 1.82) is 0 Å². The Morgan fingerprint density at radius 3 is 2.59 bits per heavy atom. The first-order chi connectivity index (χ1) is 12.8. The number of nitrogens with zero attached hydrogens (tertiary/aromatic N) is 1. The van der Waals surface area contributed by atoms with Crippen LogP contribution in [-0.4, -0.2) is 59.4 Å². The number of carbonyl (C=O) groups excluding carboxylic acids is 2. The summed E-state index contributed by atoms with van der Waals surface area (Å²) in [6.45, 7) is 5.45. The van der Waals surface area contributed by atoms with E-state index in [-0.39, 0.29) is 5.92 Å². The van der Waals surface area contributed by atoms with Crippen LogP contribution in [-0.2, 0) is 14.3 Å². The van der Waals surface area contributed by atoms with E-state index in [4.69, 9.17) is 9.47 Å². The van der Waals surface area contributed by atoms with E-state index in [2.05, 4.69) is 0 Å². The number of benzene rings is 1. The molecule has 2 heterocycles. The van der Waals surface area contributed by atoms with Gasteiger partial charge in [0.1, 0.15) is 18.2 Å². The second kappa shape index (κ2) is 7.82. The van der Waals surface area contributed by atoms with Gasteiger partial charge in [0, 0.05) is 12.5 Å². The van der Waals surface area contributed by atoms with E-state index in [1.165, 1.54) is 4.90 Å². The van der Waals surface area contributed by atoms with Crippen LogP contribution < -0.4 is 0 Å². The maximum Gasteiger partial charge on any atom is 0.411 e. The highest BCUT2D eigenvalue weighted by atomic mass is 16.6. The third kappa shape index (κ3) is 4.39. The number of hydrogen-bond acceptors (Lipinski definition) is 5. The predicted molar refractivity (Wildman–Crippen MR) is 101 cm³/mol. The number of Topliss-reactive ketones (excluding diaryl/α,β-unsaturated/α-hetero) is 1. The van der Waals surface area contributed by atoms with E-state index in [0.29, 0.717) is 19.6 Å². The molecule has 27 heavy (non-hydrogen) atoms. The largest absolute Gasteiger partial charge is 0.444 e. The van der Waals surface area contributed by atoms with Crippen LogP contribution in [0.2, 0.25) is 0 Å². The first kappa shape index (κ1) is 19.6. The van der Waals surface area contributed by atoms with Crippen molar-refractivity contribution < 1.29 is 24.2 Å². The molecule has 0 spiro atoms. The van der Waals surface area contributed by atoms with Gasteiger partial charge in [0.05, 0.1) is 12.7 Å². The predicted octanol–water partition coefficient (Wildman–Crippen LogP) is 2.66. The number of carbonyl (C=O) groups is 2. The highest BCUT2D eigenvalue weighted by molar-refractivity contribution is 5.89. The lowest BCUT2D eigenvalue weighted by atomic mass is 9.90. The van der Waals surface area contributed by atoms with Gasteiger partial charge in [-0.1, -0.05) is 36.4 Å². The Bertz CT molecular complexity index is 722. The molecular weight excluding hydrogens is 346 g/mol. The van der Waals surface area contributed by atoms with Gasteiger partial charge in [0.15, 0.2) is 5.78 Å². The number of allylic oxidation sites excluding steroid dienone is 1. The molecule has 6 heteroatoms. The summed E-state index contributed by atoms with van der Waals surface area (Å²) in [5, 5.41) is 9.42. The fraction of sp³-hybridized carbons (Fsp3) is 0.524. The van der Waals surface area contributed by atoms with Gasteiger partial charge < -0.3 is 14.6 Å². The van der Waals surface area contributed by atoms with Crippen LogP contribution in [0.4, 0.5) is 4.79 Å². The van der Waals surface area contributed by atoms with Crippen molar-refractivity contribution in [2.24, 2.45) is 5.92 Å². The first-order valence-electron chi connectivity index (χ1n) is 9.29. The van der Waals surface area contributed by atoms with Crippen LogP contribution in [0.3, 0.4) is 0 Å². The van der Waals surface area contributed by atoms with E-state index in [1.54, 1.807) is 20.8 Å². The Labute approximate surface area is 159 Å². The van der Waals surface area contributed by atoms with Crippen molar-refractivity contribution in [2.75, 3.05) is 19.8 Å². The third-order valence-electron chi connectivity index (χ3n) is 4.90.